The van der Waals surface area contributed by atoms with Crippen LogP contribution in [-0.4, -0.2) is 35.1 Å². The van der Waals surface area contributed by atoms with Crippen molar-refractivity contribution in [3.63, 3.8) is 0 Å². The highest BCUT2D eigenvalue weighted by Crippen LogP contribution is 2.15. The van der Waals surface area contributed by atoms with Crippen LogP contribution in [0.4, 0.5) is 5.69 Å². The van der Waals surface area contributed by atoms with Crippen LogP contribution in [0.5, 0.6) is 0 Å². The normalized spacial score (nSPS) is 10.2. The van der Waals surface area contributed by atoms with Crippen molar-refractivity contribution < 1.29 is 9.59 Å². The minimum Gasteiger partial charge on any atom is -0.395 e. The molecule has 7 nitrogen and oxygen atoms in total. The fourth-order valence-corrected chi connectivity index (χ4v) is 1.66. The lowest BCUT2D eigenvalue weighted by atomic mass is 10.2. The van der Waals surface area contributed by atoms with E-state index < -0.39 is 0 Å². The van der Waals surface area contributed by atoms with E-state index >= 15 is 0 Å². The molecule has 0 saturated carbocycles. The number of carbonyl (C=O) groups is 2. The predicted molar refractivity (Wildman–Crippen MR) is 72.6 cm³/mol. The zero-order valence-electron chi connectivity index (χ0n) is 11.4. The zero-order valence-corrected chi connectivity index (χ0v) is 11.4. The number of nitrogens with one attached hydrogen (secondary N) is 3. The lowest BCUT2D eigenvalue weighted by molar-refractivity contribution is -0.120. The van der Waals surface area contributed by atoms with Crippen molar-refractivity contribution in [3.8, 4) is 0 Å². The van der Waals surface area contributed by atoms with E-state index in [4.69, 9.17) is 5.73 Å². The van der Waals surface area contributed by atoms with Crippen LogP contribution < -0.4 is 16.4 Å². The Kier molecular flexibility index (Phi) is 5.84. The third-order valence-corrected chi connectivity index (χ3v) is 2.61. The maximum absolute atomic E-state index is 11.8. The summed E-state index contributed by atoms with van der Waals surface area (Å²) >= 11 is 0. The fraction of sp³-hybridized carbons (Fsp3) is 0.583. The average Bonchev–Trinajstić information content (AvgIpc) is 2.72. The van der Waals surface area contributed by atoms with Crippen LogP contribution in [0.15, 0.2) is 0 Å². The highest BCUT2D eigenvalue weighted by Gasteiger charge is 2.16. The number of hydrogen-bond acceptors (Lipinski definition) is 4. The molecule has 0 bridgehead atoms. The number of carbonyl (C=O) groups excluding carboxylic acids is 2. The average molecular weight is 267 g/mol. The summed E-state index contributed by atoms with van der Waals surface area (Å²) in [6.45, 7) is 4.71. The molecule has 7 heteroatoms. The Morgan fingerprint density at radius 2 is 2.05 bits per heavy atom. The first-order valence-electron chi connectivity index (χ1n) is 6.47. The molecule has 0 aliphatic heterocycles. The summed E-state index contributed by atoms with van der Waals surface area (Å²) in [5.41, 5.74) is 7.19. The van der Waals surface area contributed by atoms with Gasteiger partial charge in [-0.1, -0.05) is 13.3 Å². The Morgan fingerprint density at radius 1 is 1.32 bits per heavy atom. The number of H-pyrrole nitrogens is 1. The quantitative estimate of drug-likeness (QED) is 0.565. The van der Waals surface area contributed by atoms with Gasteiger partial charge in [0.15, 0.2) is 5.69 Å². The van der Waals surface area contributed by atoms with Crippen molar-refractivity contribution in [2.75, 3.05) is 18.8 Å². The second kappa shape index (κ2) is 7.40. The first kappa shape index (κ1) is 15.0. The minimum atomic E-state index is -0.361. The number of nitrogens with zero attached hydrogens (tertiary/aromatic N) is 1. The highest BCUT2D eigenvalue weighted by atomic mass is 16.2. The molecule has 0 fully saturated rings. The van der Waals surface area contributed by atoms with Gasteiger partial charge in [-0.25, -0.2) is 0 Å². The summed E-state index contributed by atoms with van der Waals surface area (Å²) in [6.07, 6.45) is 1.92. The molecule has 19 heavy (non-hydrogen) atoms. The van der Waals surface area contributed by atoms with Gasteiger partial charge in [0.25, 0.3) is 5.91 Å². The van der Waals surface area contributed by atoms with E-state index in [0.717, 1.165) is 18.5 Å². The summed E-state index contributed by atoms with van der Waals surface area (Å²) in [5.74, 6) is -0.454. The standard InChI is InChI=1S/C12H21N5O2/c1-3-5-8-10(13)11(17-16-8)12(19)15-7-6-9(18)14-4-2/h3-7,13H2,1-2H3,(H,14,18)(H,15,19)(H,16,17). The van der Waals surface area contributed by atoms with Crippen LogP contribution in [0.2, 0.25) is 0 Å². The van der Waals surface area contributed by atoms with Gasteiger partial charge < -0.3 is 16.4 Å². The van der Waals surface area contributed by atoms with Gasteiger partial charge in [-0.3, -0.25) is 14.7 Å². The van der Waals surface area contributed by atoms with Gasteiger partial charge in [0.2, 0.25) is 5.91 Å². The van der Waals surface area contributed by atoms with Gasteiger partial charge >= 0.3 is 0 Å². The first-order valence-corrected chi connectivity index (χ1v) is 6.47. The molecule has 0 spiro atoms. The van der Waals surface area contributed by atoms with Crippen molar-refractivity contribution in [2.24, 2.45) is 0 Å². The predicted octanol–water partition coefficient (Wildman–Crippen LogP) is 0.200. The Balaban J connectivity index is 2.47. The van der Waals surface area contributed by atoms with Crippen LogP contribution >= 0.6 is 0 Å². The first-order chi connectivity index (χ1) is 9.10. The number of nitrogen functional groups attached to an aromatic ring is 1. The zero-order chi connectivity index (χ0) is 14.3. The van der Waals surface area contributed by atoms with E-state index in [1.807, 2.05) is 13.8 Å². The third-order valence-electron chi connectivity index (χ3n) is 2.61. The van der Waals surface area contributed by atoms with E-state index in [1.54, 1.807) is 0 Å². The largest absolute Gasteiger partial charge is 0.395 e. The number of amides is 2. The van der Waals surface area contributed by atoms with Crippen molar-refractivity contribution >= 4 is 17.5 Å². The molecule has 0 unspecified atom stereocenters. The van der Waals surface area contributed by atoms with Gasteiger partial charge in [0.1, 0.15) is 0 Å². The van der Waals surface area contributed by atoms with Gasteiger partial charge in [-0.05, 0) is 13.3 Å². The van der Waals surface area contributed by atoms with Crippen LogP contribution in [0.1, 0.15) is 42.9 Å². The number of anilines is 1. The molecule has 1 heterocycles. The molecule has 1 aromatic heterocycles. The molecule has 106 valence electrons. The number of rotatable bonds is 7. The molecule has 0 aliphatic carbocycles. The lowest BCUT2D eigenvalue weighted by Crippen LogP contribution is -2.31. The van der Waals surface area contributed by atoms with Gasteiger partial charge in [-0.15, -0.1) is 0 Å². The van der Waals surface area contributed by atoms with E-state index in [1.165, 1.54) is 0 Å². The molecule has 0 aliphatic rings. The Hall–Kier alpha value is -2.05. The number of hydrogen-bond donors (Lipinski definition) is 4. The monoisotopic (exact) mass is 267 g/mol. The molecule has 0 aromatic carbocycles. The second-order valence-electron chi connectivity index (χ2n) is 4.17. The molecule has 0 saturated heterocycles. The van der Waals surface area contributed by atoms with Gasteiger partial charge in [-0.2, -0.15) is 5.10 Å². The summed E-state index contributed by atoms with van der Waals surface area (Å²) < 4.78 is 0. The Labute approximate surface area is 112 Å². The number of nitrogens with two attached hydrogens (primary N) is 1. The van der Waals surface area contributed by atoms with E-state index in [0.29, 0.717) is 12.2 Å². The molecule has 1 aromatic rings. The molecule has 0 atom stereocenters. The fourth-order valence-electron chi connectivity index (χ4n) is 1.66. The van der Waals surface area contributed by atoms with E-state index in [-0.39, 0.29) is 30.5 Å². The topological polar surface area (TPSA) is 113 Å². The van der Waals surface area contributed by atoms with Crippen molar-refractivity contribution in [1.82, 2.24) is 20.8 Å². The van der Waals surface area contributed by atoms with Crippen LogP contribution in [0.3, 0.4) is 0 Å². The maximum Gasteiger partial charge on any atom is 0.273 e. The third kappa shape index (κ3) is 4.27. The number of aryl methyl sites for hydroxylation is 1. The highest BCUT2D eigenvalue weighted by molar-refractivity contribution is 5.97. The van der Waals surface area contributed by atoms with E-state index in [2.05, 4.69) is 20.8 Å². The summed E-state index contributed by atoms with van der Waals surface area (Å²) in [4.78, 5) is 23.0. The van der Waals surface area contributed by atoms with Gasteiger partial charge in [0.05, 0.1) is 11.4 Å². The summed E-state index contributed by atoms with van der Waals surface area (Å²) in [5, 5.41) is 11.9. The molecular formula is C12H21N5O2. The molecule has 1 rings (SSSR count). The Morgan fingerprint density at radius 3 is 2.68 bits per heavy atom. The molecule has 0 radical (unpaired) electrons. The van der Waals surface area contributed by atoms with Crippen molar-refractivity contribution in [3.05, 3.63) is 11.4 Å². The SMILES string of the molecule is CCCc1[nH]nc(C(=O)NCCC(=O)NCC)c1N. The second-order valence-corrected chi connectivity index (χ2v) is 4.17. The van der Waals surface area contributed by atoms with Crippen molar-refractivity contribution in [2.45, 2.75) is 33.1 Å². The molecule has 2 amide bonds. The van der Waals surface area contributed by atoms with Crippen LogP contribution in [0, 0.1) is 0 Å². The van der Waals surface area contributed by atoms with Crippen molar-refractivity contribution in [1.29, 1.82) is 0 Å². The molecular weight excluding hydrogens is 246 g/mol. The van der Waals surface area contributed by atoms with E-state index in [9.17, 15) is 9.59 Å². The summed E-state index contributed by atoms with van der Waals surface area (Å²) in [6, 6.07) is 0. The lowest BCUT2D eigenvalue weighted by Gasteiger charge is -2.04. The number of aromatic nitrogens is 2. The minimum absolute atomic E-state index is 0.0931. The number of aromatic amines is 1. The van der Waals surface area contributed by atoms with Crippen LogP contribution in [0.25, 0.3) is 0 Å². The Bertz CT molecular complexity index is 441. The molecule has 5 N–H and O–H groups in total. The maximum atomic E-state index is 11.8. The smallest absolute Gasteiger partial charge is 0.273 e. The summed E-state index contributed by atoms with van der Waals surface area (Å²) in [7, 11) is 0. The van der Waals surface area contributed by atoms with Crippen LogP contribution in [-0.2, 0) is 11.2 Å². The van der Waals surface area contributed by atoms with Gasteiger partial charge in [0, 0.05) is 19.5 Å².